The molecule has 0 spiro atoms. The van der Waals surface area contributed by atoms with Crippen LogP contribution < -0.4 is 10.6 Å². The number of nitrogens with one attached hydrogen (secondary N) is 3. The molecule has 2 aliphatic heterocycles. The fraction of sp³-hybridized carbons (Fsp3) is 0.227. The Morgan fingerprint density at radius 1 is 1.38 bits per heavy atom. The Morgan fingerprint density at radius 3 is 2.81 bits per heavy atom. The maximum absolute atomic E-state index is 12.4. The number of carbonyl (C=O) groups excluding carboxylic acids is 1. The lowest BCUT2D eigenvalue weighted by molar-refractivity contribution is -0.129. The van der Waals surface area contributed by atoms with Gasteiger partial charge in [-0.1, -0.05) is 17.5 Å². The Balaban J connectivity index is 1.68. The van der Waals surface area contributed by atoms with E-state index < -0.39 is 16.1 Å². The molecule has 8 nitrogen and oxygen atoms in total. The van der Waals surface area contributed by atoms with E-state index in [1.54, 1.807) is 44.4 Å². The molecule has 1 atom stereocenters. The zero-order valence-corrected chi connectivity index (χ0v) is 19.2. The lowest BCUT2D eigenvalue weighted by Gasteiger charge is -2.40. The molecule has 4 rings (SSSR count). The second-order valence-electron chi connectivity index (χ2n) is 7.83. The number of benzene rings is 1. The van der Waals surface area contributed by atoms with Gasteiger partial charge in [0.05, 0.1) is 28.0 Å². The van der Waals surface area contributed by atoms with Crippen molar-refractivity contribution >= 4 is 45.4 Å². The molecule has 2 aromatic rings. The smallest absolute Gasteiger partial charge is 0.231 e. The summed E-state index contributed by atoms with van der Waals surface area (Å²) in [4.78, 5) is 18.3. The zero-order valence-electron chi connectivity index (χ0n) is 17.7. The molecule has 1 saturated heterocycles. The minimum atomic E-state index is -3.16. The van der Waals surface area contributed by atoms with Gasteiger partial charge < -0.3 is 10.6 Å². The summed E-state index contributed by atoms with van der Waals surface area (Å²) >= 11 is 6.46. The van der Waals surface area contributed by atoms with E-state index in [4.69, 9.17) is 17.0 Å². The van der Waals surface area contributed by atoms with Gasteiger partial charge in [0.15, 0.2) is 5.96 Å². The maximum atomic E-state index is 12.4. The van der Waals surface area contributed by atoms with Crippen LogP contribution in [-0.4, -0.2) is 37.9 Å². The molecule has 3 heterocycles. The molecule has 1 aromatic heterocycles. The van der Waals surface area contributed by atoms with Gasteiger partial charge in [-0.2, -0.15) is 0 Å². The van der Waals surface area contributed by atoms with Crippen molar-refractivity contribution in [3.8, 4) is 11.8 Å². The number of aromatic nitrogens is 1. The average Bonchev–Trinajstić information content (AvgIpc) is 2.97. The van der Waals surface area contributed by atoms with Gasteiger partial charge in [-0.15, -0.1) is 16.5 Å². The number of guanidine groups is 1. The van der Waals surface area contributed by atoms with Gasteiger partial charge in [0, 0.05) is 29.5 Å². The Bertz CT molecular complexity index is 1230. The number of pyridine rings is 1. The predicted molar refractivity (Wildman–Crippen MR) is 127 cm³/mol. The minimum Gasteiger partial charge on any atom is -0.353 e. The number of halogens is 1. The van der Waals surface area contributed by atoms with Crippen molar-refractivity contribution in [2.24, 2.45) is 0 Å². The molecule has 0 aliphatic carbocycles. The molecule has 0 radical (unpaired) electrons. The van der Waals surface area contributed by atoms with Gasteiger partial charge in [-0.05, 0) is 43.7 Å². The summed E-state index contributed by atoms with van der Waals surface area (Å²) in [5, 5.41) is 16.1. The number of fused-ring (bicyclic) bond motifs is 1. The first kappa shape index (κ1) is 22.2. The quantitative estimate of drug-likeness (QED) is 0.427. The Morgan fingerprint density at radius 2 is 2.12 bits per heavy atom. The highest BCUT2D eigenvalue weighted by Crippen LogP contribution is 2.58. The van der Waals surface area contributed by atoms with Crippen LogP contribution in [0, 0.1) is 17.3 Å². The third kappa shape index (κ3) is 3.82. The van der Waals surface area contributed by atoms with E-state index in [0.29, 0.717) is 38.1 Å². The third-order valence-corrected chi connectivity index (χ3v) is 7.28. The third-order valence-electron chi connectivity index (χ3n) is 5.43. The minimum absolute atomic E-state index is 0.00488. The van der Waals surface area contributed by atoms with E-state index in [2.05, 4.69) is 27.5 Å². The molecular weight excluding hydrogens is 450 g/mol. The molecule has 0 bridgehead atoms. The largest absolute Gasteiger partial charge is 0.353 e. The van der Waals surface area contributed by atoms with Gasteiger partial charge in [0.25, 0.3) is 0 Å². The fourth-order valence-corrected chi connectivity index (χ4v) is 5.44. The van der Waals surface area contributed by atoms with Crippen LogP contribution in [0.3, 0.4) is 0 Å². The molecule has 2 aliphatic rings. The van der Waals surface area contributed by atoms with Crippen LogP contribution in [0.1, 0.15) is 37.1 Å². The highest BCUT2D eigenvalue weighted by Gasteiger charge is 2.39. The molecule has 0 unspecified atom stereocenters. The fourth-order valence-electron chi connectivity index (χ4n) is 3.74. The monoisotopic (exact) mass is 471 g/mol. The number of amides is 1. The molecule has 0 saturated carbocycles. The first-order valence-electron chi connectivity index (χ1n) is 9.67. The number of carbonyl (C=O) groups is 1. The first-order valence-corrected chi connectivity index (χ1v) is 11.7. The zero-order chi connectivity index (χ0) is 23.3. The Kier molecular flexibility index (Phi) is 5.43. The van der Waals surface area contributed by atoms with Gasteiger partial charge in [-0.3, -0.25) is 29.2 Å². The van der Waals surface area contributed by atoms with Crippen molar-refractivity contribution in [2.75, 3.05) is 12.4 Å². The van der Waals surface area contributed by atoms with Crippen molar-refractivity contribution in [2.45, 2.75) is 30.7 Å². The lowest BCUT2D eigenvalue weighted by atomic mass is 9.86. The van der Waals surface area contributed by atoms with Crippen molar-refractivity contribution in [3.63, 3.8) is 0 Å². The lowest BCUT2D eigenvalue weighted by Crippen LogP contribution is -2.58. The predicted octanol–water partition coefficient (Wildman–Crippen LogP) is 4.24. The van der Waals surface area contributed by atoms with Crippen LogP contribution in [0.5, 0.6) is 0 Å². The summed E-state index contributed by atoms with van der Waals surface area (Å²) in [6.07, 6.45) is 1.71. The highest BCUT2D eigenvalue weighted by atomic mass is 35.5. The van der Waals surface area contributed by atoms with E-state index in [1.165, 1.54) is 10.3 Å². The Hall–Kier alpha value is -3.03. The molecule has 10 heteroatoms. The van der Waals surface area contributed by atoms with Gasteiger partial charge in [-0.25, -0.2) is 0 Å². The van der Waals surface area contributed by atoms with Crippen LogP contribution in [0.25, 0.3) is 5.70 Å². The molecular formula is C22H22ClN5O3S. The van der Waals surface area contributed by atoms with Crippen molar-refractivity contribution in [1.29, 1.82) is 5.41 Å². The first-order chi connectivity index (χ1) is 15.0. The summed E-state index contributed by atoms with van der Waals surface area (Å²) in [5.74, 6) is 5.44. The van der Waals surface area contributed by atoms with E-state index in [-0.39, 0.29) is 18.3 Å². The topological polar surface area (TPSA) is 122 Å². The maximum Gasteiger partial charge on any atom is 0.231 e. The number of hydrogen-bond acceptors (Lipinski definition) is 6. The average molecular weight is 472 g/mol. The summed E-state index contributed by atoms with van der Waals surface area (Å²) < 4.78 is 21.1. The SMILES string of the molecule is CC#Cc1cnc2c(c1)S(O)(O)C=C2Nc1ccc(Cl)c([C@]2(C)CC(=O)N(C)C(=N)N2)c1. The number of rotatable bonds is 3. The molecule has 166 valence electrons. The van der Waals surface area contributed by atoms with E-state index >= 15 is 0 Å². The van der Waals surface area contributed by atoms with Gasteiger partial charge >= 0.3 is 0 Å². The van der Waals surface area contributed by atoms with Crippen LogP contribution >= 0.6 is 22.2 Å². The highest BCUT2D eigenvalue weighted by molar-refractivity contribution is 8.27. The van der Waals surface area contributed by atoms with E-state index in [9.17, 15) is 13.9 Å². The van der Waals surface area contributed by atoms with Crippen molar-refractivity contribution in [3.05, 3.63) is 57.7 Å². The standard InChI is InChI=1S/C22H22ClN5O3S/c1-4-5-13-8-18-20(25-11-13)17(12-32(18,30)31)26-14-6-7-16(23)15(9-14)22(2)10-19(29)28(3)21(24)27-22/h6-9,11-12,26,30-31H,10H2,1-3H3,(H2,24,27)/t22-/m0/s1. The van der Waals surface area contributed by atoms with Gasteiger partial charge in [0.1, 0.15) is 5.69 Å². The van der Waals surface area contributed by atoms with Crippen LogP contribution in [0.15, 0.2) is 40.8 Å². The van der Waals surface area contributed by atoms with Crippen molar-refractivity contribution < 1.29 is 13.9 Å². The van der Waals surface area contributed by atoms with E-state index in [0.717, 1.165) is 0 Å². The van der Waals surface area contributed by atoms with Crippen LogP contribution in [0.4, 0.5) is 5.69 Å². The Labute approximate surface area is 192 Å². The molecule has 32 heavy (non-hydrogen) atoms. The molecule has 1 amide bonds. The summed E-state index contributed by atoms with van der Waals surface area (Å²) in [5.41, 5.74) is 1.88. The van der Waals surface area contributed by atoms with Crippen LogP contribution in [-0.2, 0) is 10.3 Å². The normalized spacial score (nSPS) is 22.3. The van der Waals surface area contributed by atoms with E-state index in [1.807, 2.05) is 6.92 Å². The summed E-state index contributed by atoms with van der Waals surface area (Å²) in [7, 11) is -1.61. The van der Waals surface area contributed by atoms with Crippen molar-refractivity contribution in [1.82, 2.24) is 15.2 Å². The number of nitrogens with zero attached hydrogens (tertiary/aromatic N) is 2. The second-order valence-corrected chi connectivity index (χ2v) is 10.1. The summed E-state index contributed by atoms with van der Waals surface area (Å²) in [6.45, 7) is 3.51. The summed E-state index contributed by atoms with van der Waals surface area (Å²) in [6, 6.07) is 6.86. The number of anilines is 1. The van der Waals surface area contributed by atoms with Gasteiger partial charge in [0.2, 0.25) is 5.91 Å². The molecule has 5 N–H and O–H groups in total. The number of hydrogen-bond donors (Lipinski definition) is 5. The molecule has 1 aromatic carbocycles. The molecule has 1 fully saturated rings. The second kappa shape index (κ2) is 7.83. The van der Waals surface area contributed by atoms with Crippen LogP contribution in [0.2, 0.25) is 5.02 Å².